The van der Waals surface area contributed by atoms with E-state index in [2.05, 4.69) is 16.0 Å². The van der Waals surface area contributed by atoms with Gasteiger partial charge in [0.2, 0.25) is 0 Å². The van der Waals surface area contributed by atoms with Crippen molar-refractivity contribution in [3.8, 4) is 0 Å². The quantitative estimate of drug-likeness (QED) is 0.727. The number of anilines is 3. The minimum atomic E-state index is 0.284. The second-order valence-corrected chi connectivity index (χ2v) is 5.95. The van der Waals surface area contributed by atoms with E-state index in [1.54, 1.807) is 0 Å². The molecule has 5 heteroatoms. The molecule has 1 heterocycles. The highest BCUT2D eigenvalue weighted by atomic mass is 32.1. The number of hydrogen-bond acceptors (Lipinski definition) is 3. The molecule has 120 valence electrons. The molecule has 1 atom stereocenters. The molecule has 0 radical (unpaired) electrons. The first-order valence-electron chi connectivity index (χ1n) is 7.88. The van der Waals surface area contributed by atoms with Gasteiger partial charge in [-0.05, 0) is 61.5 Å². The molecule has 23 heavy (non-hydrogen) atoms. The monoisotopic (exact) mass is 327 g/mol. The Balaban J connectivity index is 1.47. The van der Waals surface area contributed by atoms with Crippen molar-refractivity contribution in [2.75, 3.05) is 23.8 Å². The predicted octanol–water partition coefficient (Wildman–Crippen LogP) is 3.90. The molecule has 1 aliphatic heterocycles. The molecule has 0 aliphatic carbocycles. The maximum Gasteiger partial charge on any atom is 0.170 e. The van der Waals surface area contributed by atoms with E-state index in [4.69, 9.17) is 17.0 Å². The molecule has 0 spiro atoms. The fraction of sp³-hybridized carbons (Fsp3) is 0.278. The summed E-state index contributed by atoms with van der Waals surface area (Å²) in [5, 5.41) is 10.4. The van der Waals surface area contributed by atoms with Gasteiger partial charge in [0.05, 0.1) is 6.10 Å². The molecular weight excluding hydrogens is 306 g/mol. The molecular formula is C18H21N3OS. The van der Waals surface area contributed by atoms with Crippen LogP contribution in [0.15, 0.2) is 54.6 Å². The van der Waals surface area contributed by atoms with Gasteiger partial charge in [-0.1, -0.05) is 18.2 Å². The van der Waals surface area contributed by atoms with Gasteiger partial charge in [0.15, 0.2) is 5.11 Å². The smallest absolute Gasteiger partial charge is 0.170 e. The molecule has 0 saturated carbocycles. The summed E-state index contributed by atoms with van der Waals surface area (Å²) in [6, 6.07) is 18.2. The van der Waals surface area contributed by atoms with Crippen molar-refractivity contribution < 1.29 is 4.74 Å². The first-order valence-corrected chi connectivity index (χ1v) is 8.29. The van der Waals surface area contributed by atoms with Crippen molar-refractivity contribution in [1.82, 2.24) is 5.32 Å². The van der Waals surface area contributed by atoms with Crippen LogP contribution >= 0.6 is 12.2 Å². The molecule has 1 saturated heterocycles. The van der Waals surface area contributed by atoms with Gasteiger partial charge in [-0.3, -0.25) is 0 Å². The summed E-state index contributed by atoms with van der Waals surface area (Å²) in [7, 11) is 0. The lowest BCUT2D eigenvalue weighted by Gasteiger charge is -2.14. The molecule has 1 aliphatic rings. The van der Waals surface area contributed by atoms with Gasteiger partial charge in [-0.15, -0.1) is 0 Å². The van der Waals surface area contributed by atoms with Crippen LogP contribution in [0.3, 0.4) is 0 Å². The largest absolute Gasteiger partial charge is 0.376 e. The number of para-hydroxylation sites is 1. The third kappa shape index (κ3) is 4.94. The number of hydrogen-bond donors (Lipinski definition) is 3. The maximum atomic E-state index is 5.57. The van der Waals surface area contributed by atoms with Gasteiger partial charge in [-0.25, -0.2) is 0 Å². The number of rotatable bonds is 5. The number of benzene rings is 2. The average molecular weight is 327 g/mol. The van der Waals surface area contributed by atoms with E-state index < -0.39 is 0 Å². The van der Waals surface area contributed by atoms with E-state index in [0.717, 1.165) is 43.1 Å². The van der Waals surface area contributed by atoms with E-state index in [9.17, 15) is 0 Å². The Labute approximate surface area is 142 Å². The normalized spacial score (nSPS) is 16.8. The van der Waals surface area contributed by atoms with E-state index in [-0.39, 0.29) is 6.10 Å². The van der Waals surface area contributed by atoms with Crippen molar-refractivity contribution in [2.24, 2.45) is 0 Å². The second-order valence-electron chi connectivity index (χ2n) is 5.54. The molecule has 0 unspecified atom stereocenters. The third-order valence-corrected chi connectivity index (χ3v) is 3.97. The Morgan fingerprint density at radius 2 is 1.70 bits per heavy atom. The summed E-state index contributed by atoms with van der Waals surface area (Å²) in [5.41, 5.74) is 3.08. The van der Waals surface area contributed by atoms with Crippen molar-refractivity contribution in [1.29, 1.82) is 0 Å². The van der Waals surface area contributed by atoms with Gasteiger partial charge in [0, 0.05) is 30.2 Å². The molecule has 1 fully saturated rings. The summed E-state index contributed by atoms with van der Waals surface area (Å²) in [5.74, 6) is 0. The lowest BCUT2D eigenvalue weighted by Crippen LogP contribution is -2.34. The summed E-state index contributed by atoms with van der Waals surface area (Å²) >= 11 is 5.32. The molecule has 0 aromatic heterocycles. The van der Waals surface area contributed by atoms with Crippen LogP contribution in [0.4, 0.5) is 17.1 Å². The molecule has 2 aromatic rings. The third-order valence-electron chi connectivity index (χ3n) is 3.72. The molecule has 0 amide bonds. The number of nitrogens with one attached hydrogen (secondary N) is 3. The van der Waals surface area contributed by atoms with E-state index in [1.807, 2.05) is 54.6 Å². The molecule has 3 N–H and O–H groups in total. The van der Waals surface area contributed by atoms with Crippen LogP contribution in [0.5, 0.6) is 0 Å². The lowest BCUT2D eigenvalue weighted by atomic mass is 10.2. The summed E-state index contributed by atoms with van der Waals surface area (Å²) in [6.45, 7) is 1.63. The van der Waals surface area contributed by atoms with E-state index >= 15 is 0 Å². The molecule has 2 aromatic carbocycles. The zero-order valence-electron chi connectivity index (χ0n) is 12.9. The van der Waals surface area contributed by atoms with Gasteiger partial charge < -0.3 is 20.7 Å². The Bertz CT molecular complexity index is 624. The van der Waals surface area contributed by atoms with Crippen molar-refractivity contribution in [3.05, 3.63) is 54.6 Å². The number of thiocarbonyl (C=S) groups is 1. The van der Waals surface area contributed by atoms with Gasteiger partial charge in [-0.2, -0.15) is 0 Å². The first kappa shape index (κ1) is 15.8. The van der Waals surface area contributed by atoms with Gasteiger partial charge in [0.1, 0.15) is 0 Å². The zero-order chi connectivity index (χ0) is 15.9. The Kier molecular flexibility index (Phi) is 5.45. The lowest BCUT2D eigenvalue weighted by molar-refractivity contribution is 0.114. The highest BCUT2D eigenvalue weighted by Gasteiger charge is 2.15. The summed E-state index contributed by atoms with van der Waals surface area (Å²) in [6.07, 6.45) is 2.53. The van der Waals surface area contributed by atoms with Gasteiger partial charge in [0.25, 0.3) is 0 Å². The minimum Gasteiger partial charge on any atom is -0.376 e. The van der Waals surface area contributed by atoms with Crippen LogP contribution < -0.4 is 16.0 Å². The van der Waals surface area contributed by atoms with E-state index in [0.29, 0.717) is 5.11 Å². The van der Waals surface area contributed by atoms with Crippen LogP contribution in [0.25, 0.3) is 0 Å². The average Bonchev–Trinajstić information content (AvgIpc) is 3.09. The number of ether oxygens (including phenoxy) is 1. The zero-order valence-corrected chi connectivity index (χ0v) is 13.7. The van der Waals surface area contributed by atoms with Gasteiger partial charge >= 0.3 is 0 Å². The first-order chi connectivity index (χ1) is 11.3. The molecule has 3 rings (SSSR count). The standard InChI is InChI=1S/C18H21N3OS/c23-18(19-13-17-7-4-12-22-17)21-16-10-8-15(9-11-16)20-14-5-2-1-3-6-14/h1-3,5-6,8-11,17,20H,4,7,12-13H2,(H2,19,21,23)/t17-/m0/s1. The Hall–Kier alpha value is -2.11. The van der Waals surface area contributed by atoms with Crippen LogP contribution in [0, 0.1) is 0 Å². The molecule has 4 nitrogen and oxygen atoms in total. The highest BCUT2D eigenvalue weighted by molar-refractivity contribution is 7.80. The Morgan fingerprint density at radius 1 is 1.00 bits per heavy atom. The second kappa shape index (κ2) is 7.94. The van der Waals surface area contributed by atoms with Crippen molar-refractivity contribution in [2.45, 2.75) is 18.9 Å². The van der Waals surface area contributed by atoms with Crippen LogP contribution in [-0.2, 0) is 4.74 Å². The topological polar surface area (TPSA) is 45.3 Å². The predicted molar refractivity (Wildman–Crippen MR) is 99.4 cm³/mol. The molecule has 0 bridgehead atoms. The van der Waals surface area contributed by atoms with Crippen LogP contribution in [0.2, 0.25) is 0 Å². The van der Waals surface area contributed by atoms with Crippen molar-refractivity contribution in [3.63, 3.8) is 0 Å². The highest BCUT2D eigenvalue weighted by Crippen LogP contribution is 2.18. The minimum absolute atomic E-state index is 0.284. The fourth-order valence-corrected chi connectivity index (χ4v) is 2.71. The van der Waals surface area contributed by atoms with Crippen LogP contribution in [-0.4, -0.2) is 24.4 Å². The Morgan fingerprint density at radius 3 is 2.39 bits per heavy atom. The van der Waals surface area contributed by atoms with Crippen LogP contribution in [0.1, 0.15) is 12.8 Å². The SMILES string of the molecule is S=C(NC[C@@H]1CCCO1)Nc1ccc(Nc2ccccc2)cc1. The van der Waals surface area contributed by atoms with E-state index in [1.165, 1.54) is 0 Å². The maximum absolute atomic E-state index is 5.57. The van der Waals surface area contributed by atoms with Crippen molar-refractivity contribution >= 4 is 34.4 Å². The summed E-state index contributed by atoms with van der Waals surface area (Å²) in [4.78, 5) is 0. The fourth-order valence-electron chi connectivity index (χ4n) is 2.51. The summed E-state index contributed by atoms with van der Waals surface area (Å²) < 4.78 is 5.57.